The first-order chi connectivity index (χ1) is 41.8. The Morgan fingerprint density at radius 1 is 0.943 bits per heavy atom. The summed E-state index contributed by atoms with van der Waals surface area (Å²) < 4.78 is 25.9. The van der Waals surface area contributed by atoms with Crippen LogP contribution in [-0.2, 0) is 57.5 Å². The van der Waals surface area contributed by atoms with Crippen molar-refractivity contribution in [1.29, 1.82) is 0 Å². The van der Waals surface area contributed by atoms with Crippen LogP contribution < -0.4 is 20.5 Å². The second-order valence-corrected chi connectivity index (χ2v) is 25.6. The number of esters is 1. The zero-order chi connectivity index (χ0) is 61.6. The molecule has 6 bridgehead atoms. The molecule has 9 atom stereocenters. The highest BCUT2D eigenvalue weighted by molar-refractivity contribution is 5.97. The monoisotopic (exact) mass is 1190 g/mol. The van der Waals surface area contributed by atoms with Gasteiger partial charge in [-0.05, 0) is 122 Å². The fourth-order valence-electron chi connectivity index (χ4n) is 13.9. The Hall–Kier alpha value is -7.52. The number of aryl methyl sites for hydroxylation is 1. The van der Waals surface area contributed by atoms with E-state index in [2.05, 4.69) is 107 Å². The molecule has 11 rings (SSSR count). The first kappa shape index (κ1) is 61.1. The summed E-state index contributed by atoms with van der Waals surface area (Å²) in [6, 6.07) is 19.0. The Bertz CT molecular complexity index is 3410. The van der Waals surface area contributed by atoms with Gasteiger partial charge in [0.2, 0.25) is 5.91 Å². The van der Waals surface area contributed by atoms with Crippen LogP contribution in [-0.4, -0.2) is 189 Å². The third-order valence-corrected chi connectivity index (χ3v) is 19.2. The molecule has 87 heavy (non-hydrogen) atoms. The average Bonchev–Trinajstić information content (AvgIpc) is 1.66. The minimum absolute atomic E-state index is 0.0224. The Labute approximate surface area is 510 Å². The molecule has 5 fully saturated rings. The molecule has 0 spiro atoms. The fraction of sp³-hybridized carbons (Fsp3) is 0.522. The zero-order valence-electron chi connectivity index (χ0n) is 51.9. The number of aromatic nitrogens is 2. The summed E-state index contributed by atoms with van der Waals surface area (Å²) in [5, 5.41) is 17.2. The Kier molecular flexibility index (Phi) is 17.8. The van der Waals surface area contributed by atoms with Crippen LogP contribution in [0.1, 0.15) is 81.9 Å². The number of fused-ring (bicyclic) bond motifs is 8. The minimum atomic E-state index is -1.22. The van der Waals surface area contributed by atoms with Crippen molar-refractivity contribution in [3.05, 3.63) is 108 Å². The van der Waals surface area contributed by atoms with Crippen molar-refractivity contribution in [2.24, 2.45) is 23.2 Å². The van der Waals surface area contributed by atoms with Crippen molar-refractivity contribution in [1.82, 2.24) is 40.0 Å². The number of rotatable bonds is 13. The first-order valence-corrected chi connectivity index (χ1v) is 31.0. The molecule has 4 saturated heterocycles. The number of hydrazine groups is 1. The first-order valence-electron chi connectivity index (χ1n) is 31.0. The number of methoxy groups -OCH3 is 2. The lowest BCUT2D eigenvalue weighted by molar-refractivity contribution is -0.156. The standard InChI is InChI=1S/C67H86N10O10/c1-11-40(3)59(72(8)64(81)61-50(19-28-86-61)43-13-16-47(17-14-43)73-22-20-71(7)21-23-73)62(79)69-55-31-42-29-45(32-49(78)30-42)44-15-18-56-52(33-44)54(36-67(5,6)39-87-65(82)58-51-34-46(51)38-77(70-58)63(55)80)60(76(56)12-2)53-35-48(37-68-57(53)41(4)84-9)74-24-26-75(27-25-74)66(83)85-10/h11,13-18,29-30,32-33,35,37,40-41,46,50-51,55,58-59,61,70,78H,1,12,19-28,31,34,36,38-39H2,2-10H3,(H,69,79)/t40-,41+,46?,50-,51+,55+,58+,59+,61-/m1/s1. The number of phenolic OH excluding ortho intramolecular Hbond substituents is 1. The van der Waals surface area contributed by atoms with Gasteiger partial charge < -0.3 is 58.4 Å². The lowest BCUT2D eigenvalue weighted by Gasteiger charge is -2.37. The molecular formula is C67H86N10O10. The number of carbonyl (C=O) groups is 5. The molecule has 6 aliphatic rings. The Balaban J connectivity index is 0.946. The molecule has 464 valence electrons. The van der Waals surface area contributed by atoms with Gasteiger partial charge in [0.05, 0.1) is 43.1 Å². The largest absolute Gasteiger partial charge is 0.508 e. The predicted octanol–water partition coefficient (Wildman–Crippen LogP) is 7.17. The minimum Gasteiger partial charge on any atom is -0.508 e. The summed E-state index contributed by atoms with van der Waals surface area (Å²) in [5.41, 5.74) is 12.3. The third kappa shape index (κ3) is 12.5. The van der Waals surface area contributed by atoms with E-state index in [-0.39, 0.29) is 54.6 Å². The lowest BCUT2D eigenvalue weighted by Crippen LogP contribution is -2.63. The normalized spacial score (nSPS) is 24.3. The number of anilines is 2. The van der Waals surface area contributed by atoms with Crippen molar-refractivity contribution < 1.29 is 48.0 Å². The van der Waals surface area contributed by atoms with E-state index in [1.54, 1.807) is 37.3 Å². The van der Waals surface area contributed by atoms with Crippen LogP contribution >= 0.6 is 0 Å². The maximum atomic E-state index is 15.3. The van der Waals surface area contributed by atoms with Crippen molar-refractivity contribution in [3.8, 4) is 28.1 Å². The summed E-state index contributed by atoms with van der Waals surface area (Å²) in [4.78, 5) is 87.5. The van der Waals surface area contributed by atoms with E-state index in [4.69, 9.17) is 23.9 Å². The maximum absolute atomic E-state index is 15.3. The van der Waals surface area contributed by atoms with Gasteiger partial charge in [-0.25, -0.2) is 10.2 Å². The van der Waals surface area contributed by atoms with Gasteiger partial charge in [0.25, 0.3) is 11.8 Å². The van der Waals surface area contributed by atoms with Gasteiger partial charge in [-0.15, -0.1) is 6.58 Å². The quantitative estimate of drug-likeness (QED) is 0.0790. The zero-order valence-corrected chi connectivity index (χ0v) is 51.9. The number of amides is 4. The number of aromatic hydroxyl groups is 1. The second-order valence-electron chi connectivity index (χ2n) is 25.6. The van der Waals surface area contributed by atoms with Gasteiger partial charge in [-0.3, -0.25) is 29.2 Å². The van der Waals surface area contributed by atoms with E-state index in [0.717, 1.165) is 82.1 Å². The SMILES string of the molecule is C=C[C@@H](C)[C@@H](C(=O)N[C@H]1Cc2cc(O)cc(c2)-c2ccc3c(c2)c(c(-c2cc(N4CCN(C(=O)OC)CC4)cnc2[C@H](C)OC)n3CC)CC(C)(C)COC(=O)[C@H]2NN(CC3C[C@@H]32)C1=O)N(C)C(=O)[C@@H]1OCC[C@@H]1c1ccc(N2CCN(C)CC2)cc1. The van der Waals surface area contributed by atoms with Gasteiger partial charge in [0.1, 0.15) is 30.0 Å². The number of pyridine rings is 1. The number of nitrogens with one attached hydrogen (secondary N) is 2. The van der Waals surface area contributed by atoms with E-state index in [1.165, 1.54) is 17.0 Å². The molecular weight excluding hydrogens is 1100 g/mol. The lowest BCUT2D eigenvalue weighted by atomic mass is 9.84. The number of carbonyl (C=O) groups excluding carboxylic acids is 5. The third-order valence-electron chi connectivity index (χ3n) is 19.2. The summed E-state index contributed by atoms with van der Waals surface area (Å²) >= 11 is 0. The molecule has 5 aliphatic heterocycles. The van der Waals surface area contributed by atoms with E-state index < -0.39 is 53.3 Å². The number of nitrogens with zero attached hydrogens (tertiary/aromatic N) is 8. The van der Waals surface area contributed by atoms with Crippen molar-refractivity contribution in [3.63, 3.8) is 0 Å². The summed E-state index contributed by atoms with van der Waals surface area (Å²) in [6.07, 6.45) is 3.71. The number of likely N-dealkylation sites (N-methyl/N-ethyl adjacent to an activating group) is 2. The number of cyclic esters (lactones) is 1. The smallest absolute Gasteiger partial charge is 0.409 e. The molecule has 1 unspecified atom stereocenters. The molecule has 0 radical (unpaired) electrons. The van der Waals surface area contributed by atoms with Gasteiger partial charge in [0, 0.05) is 132 Å². The highest BCUT2D eigenvalue weighted by Crippen LogP contribution is 2.47. The average molecular weight is 1190 g/mol. The molecule has 1 aliphatic carbocycles. The maximum Gasteiger partial charge on any atom is 0.409 e. The molecule has 3 aromatic carbocycles. The number of piperazine rings is 2. The topological polar surface area (TPSA) is 204 Å². The van der Waals surface area contributed by atoms with Gasteiger partial charge in [-0.2, -0.15) is 0 Å². The molecule has 3 N–H and O–H groups in total. The highest BCUT2D eigenvalue weighted by atomic mass is 16.5. The molecule has 2 aromatic heterocycles. The molecule has 7 heterocycles. The number of benzene rings is 3. The van der Waals surface area contributed by atoms with E-state index in [0.29, 0.717) is 76.3 Å². The number of phenols is 1. The van der Waals surface area contributed by atoms with Crippen LogP contribution in [0.4, 0.5) is 16.2 Å². The summed E-state index contributed by atoms with van der Waals surface area (Å²) in [7, 11) is 6.81. The highest BCUT2D eigenvalue weighted by Gasteiger charge is 2.53. The van der Waals surface area contributed by atoms with Crippen LogP contribution in [0, 0.1) is 23.2 Å². The number of ether oxygens (including phenoxy) is 4. The van der Waals surface area contributed by atoms with Crippen LogP contribution in [0.5, 0.6) is 5.75 Å². The van der Waals surface area contributed by atoms with Crippen molar-refractivity contribution in [2.45, 2.75) is 103 Å². The molecule has 20 heteroatoms. The van der Waals surface area contributed by atoms with Crippen LogP contribution in [0.25, 0.3) is 33.3 Å². The molecule has 4 amide bonds. The van der Waals surface area contributed by atoms with Gasteiger partial charge >= 0.3 is 12.1 Å². The van der Waals surface area contributed by atoms with Crippen LogP contribution in [0.15, 0.2) is 85.6 Å². The number of hydrogen-bond acceptors (Lipinski definition) is 15. The van der Waals surface area contributed by atoms with Crippen molar-refractivity contribution >= 4 is 52.1 Å². The molecule has 1 saturated carbocycles. The van der Waals surface area contributed by atoms with E-state index in [9.17, 15) is 19.5 Å². The Morgan fingerprint density at radius 2 is 1.67 bits per heavy atom. The second kappa shape index (κ2) is 25.3. The molecule has 20 nitrogen and oxygen atoms in total. The molecule has 5 aromatic rings. The Morgan fingerprint density at radius 3 is 2.37 bits per heavy atom. The van der Waals surface area contributed by atoms with Crippen LogP contribution in [0.3, 0.4) is 0 Å². The predicted molar refractivity (Wildman–Crippen MR) is 333 cm³/mol. The van der Waals surface area contributed by atoms with Crippen molar-refractivity contribution in [2.75, 3.05) is 110 Å². The van der Waals surface area contributed by atoms with Gasteiger partial charge in [0.15, 0.2) is 0 Å². The number of hydrogen-bond donors (Lipinski definition) is 3. The van der Waals surface area contributed by atoms with Crippen LogP contribution in [0.2, 0.25) is 0 Å². The summed E-state index contributed by atoms with van der Waals surface area (Å²) in [6.45, 7) is 21.5. The van der Waals surface area contributed by atoms with E-state index in [1.807, 2.05) is 32.2 Å². The van der Waals surface area contributed by atoms with E-state index >= 15 is 9.59 Å². The fourth-order valence-corrected chi connectivity index (χ4v) is 13.9. The van der Waals surface area contributed by atoms with Gasteiger partial charge in [-0.1, -0.05) is 51.1 Å². The summed E-state index contributed by atoms with van der Waals surface area (Å²) in [5.74, 6) is -2.71.